The molecule has 0 aliphatic carbocycles. The van der Waals surface area contributed by atoms with E-state index in [1.165, 1.54) is 32.4 Å². The highest BCUT2D eigenvalue weighted by Crippen LogP contribution is 2.23. The second kappa shape index (κ2) is 11.1. The fourth-order valence-electron chi connectivity index (χ4n) is 3.93. The van der Waals surface area contributed by atoms with Crippen molar-refractivity contribution in [2.24, 2.45) is 5.41 Å². The predicted molar refractivity (Wildman–Crippen MR) is 131 cm³/mol. The smallest absolute Gasteiger partial charge is 0.319 e. The predicted octanol–water partition coefficient (Wildman–Crippen LogP) is 4.74. The molecule has 32 heavy (non-hydrogen) atoms. The number of nitrogens with zero attached hydrogens (tertiary/aromatic N) is 1. The number of hydrogen-bond acceptors (Lipinski definition) is 3. The Hall–Kier alpha value is -2.86. The van der Waals surface area contributed by atoms with Crippen molar-refractivity contribution in [2.45, 2.75) is 39.5 Å². The minimum Gasteiger partial charge on any atom is -0.355 e. The number of hydrogen-bond donors (Lipinski definition) is 3. The number of rotatable bonds is 8. The summed E-state index contributed by atoms with van der Waals surface area (Å²) in [6, 6.07) is 15.0. The Bertz CT molecular complexity index is 885. The van der Waals surface area contributed by atoms with E-state index >= 15 is 0 Å². The van der Waals surface area contributed by atoms with Crippen LogP contribution < -0.4 is 16.0 Å². The third-order valence-electron chi connectivity index (χ3n) is 6.13. The molecule has 3 amide bonds. The lowest BCUT2D eigenvalue weighted by molar-refractivity contribution is 0.0963. The van der Waals surface area contributed by atoms with Gasteiger partial charge in [0.25, 0.3) is 5.91 Å². The SMILES string of the molecule is CNC(=O)c1ccc(-c2ccc(NC(=O)NCC(C)(C)CCN3CCCCC3)cc2)cc1. The van der Waals surface area contributed by atoms with E-state index in [1.54, 1.807) is 19.2 Å². The maximum atomic E-state index is 12.4. The molecule has 1 heterocycles. The van der Waals surface area contributed by atoms with Gasteiger partial charge in [0.2, 0.25) is 0 Å². The molecule has 1 fully saturated rings. The minimum absolute atomic E-state index is 0.0550. The maximum absolute atomic E-state index is 12.4. The van der Waals surface area contributed by atoms with E-state index in [0.717, 1.165) is 29.8 Å². The quantitative estimate of drug-likeness (QED) is 0.560. The molecule has 0 unspecified atom stereocenters. The zero-order chi connectivity index (χ0) is 23.0. The maximum Gasteiger partial charge on any atom is 0.319 e. The Morgan fingerprint density at radius 3 is 2.09 bits per heavy atom. The summed E-state index contributed by atoms with van der Waals surface area (Å²) in [7, 11) is 1.62. The molecule has 0 atom stereocenters. The van der Waals surface area contributed by atoms with Gasteiger partial charge in [-0.2, -0.15) is 0 Å². The average Bonchev–Trinajstić information content (AvgIpc) is 2.82. The highest BCUT2D eigenvalue weighted by atomic mass is 16.2. The van der Waals surface area contributed by atoms with Gasteiger partial charge >= 0.3 is 6.03 Å². The molecular formula is C26H36N4O2. The van der Waals surface area contributed by atoms with Gasteiger partial charge in [-0.15, -0.1) is 0 Å². The normalized spacial score (nSPS) is 14.6. The monoisotopic (exact) mass is 436 g/mol. The third kappa shape index (κ3) is 7.09. The van der Waals surface area contributed by atoms with E-state index in [1.807, 2.05) is 36.4 Å². The second-order valence-electron chi connectivity index (χ2n) is 9.36. The number of anilines is 1. The van der Waals surface area contributed by atoms with Gasteiger partial charge in [-0.25, -0.2) is 4.79 Å². The number of likely N-dealkylation sites (tertiary alicyclic amines) is 1. The highest BCUT2D eigenvalue weighted by Gasteiger charge is 2.21. The molecule has 2 aromatic carbocycles. The summed E-state index contributed by atoms with van der Waals surface area (Å²) in [5, 5.41) is 8.56. The summed E-state index contributed by atoms with van der Waals surface area (Å²) in [6.07, 6.45) is 5.04. The summed E-state index contributed by atoms with van der Waals surface area (Å²) in [4.78, 5) is 26.6. The van der Waals surface area contributed by atoms with Gasteiger partial charge in [0.05, 0.1) is 0 Å². The van der Waals surface area contributed by atoms with Crippen molar-refractivity contribution in [1.82, 2.24) is 15.5 Å². The van der Waals surface area contributed by atoms with Crippen LogP contribution in [0, 0.1) is 5.41 Å². The largest absolute Gasteiger partial charge is 0.355 e. The third-order valence-corrected chi connectivity index (χ3v) is 6.13. The van der Waals surface area contributed by atoms with Crippen molar-refractivity contribution >= 4 is 17.6 Å². The van der Waals surface area contributed by atoms with Gasteiger partial charge < -0.3 is 20.9 Å². The Kier molecular flexibility index (Phi) is 8.28. The molecule has 0 aromatic heterocycles. The first-order valence-electron chi connectivity index (χ1n) is 11.6. The summed E-state index contributed by atoms with van der Waals surface area (Å²) in [6.45, 7) is 8.57. The van der Waals surface area contributed by atoms with Gasteiger partial charge in [-0.3, -0.25) is 4.79 Å². The lowest BCUT2D eigenvalue weighted by Gasteiger charge is -2.31. The summed E-state index contributed by atoms with van der Waals surface area (Å²) >= 11 is 0. The molecule has 0 saturated carbocycles. The molecular weight excluding hydrogens is 400 g/mol. The van der Waals surface area contributed by atoms with Crippen LogP contribution in [-0.4, -0.2) is 50.1 Å². The lowest BCUT2D eigenvalue weighted by atomic mass is 9.89. The fraction of sp³-hybridized carbons (Fsp3) is 0.462. The number of piperidine rings is 1. The number of carbonyl (C=O) groups is 2. The van der Waals surface area contributed by atoms with Crippen LogP contribution in [0.1, 0.15) is 49.9 Å². The van der Waals surface area contributed by atoms with Crippen LogP contribution in [-0.2, 0) is 0 Å². The van der Waals surface area contributed by atoms with Crippen LogP contribution in [0.2, 0.25) is 0 Å². The average molecular weight is 437 g/mol. The van der Waals surface area contributed by atoms with Crippen molar-refractivity contribution in [2.75, 3.05) is 38.5 Å². The molecule has 0 bridgehead atoms. The zero-order valence-corrected chi connectivity index (χ0v) is 19.5. The molecule has 6 nitrogen and oxygen atoms in total. The van der Waals surface area contributed by atoms with E-state index < -0.39 is 0 Å². The van der Waals surface area contributed by atoms with Gasteiger partial charge in [-0.05, 0) is 79.7 Å². The van der Waals surface area contributed by atoms with Crippen LogP contribution >= 0.6 is 0 Å². The number of carbonyl (C=O) groups excluding carboxylic acids is 2. The number of urea groups is 1. The Labute approximate surface area is 191 Å². The van der Waals surface area contributed by atoms with E-state index in [0.29, 0.717) is 12.1 Å². The Morgan fingerprint density at radius 1 is 0.906 bits per heavy atom. The van der Waals surface area contributed by atoms with Crippen LogP contribution in [0.3, 0.4) is 0 Å². The topological polar surface area (TPSA) is 73.5 Å². The van der Waals surface area contributed by atoms with Gasteiger partial charge in [-0.1, -0.05) is 44.5 Å². The van der Waals surface area contributed by atoms with Crippen molar-refractivity contribution in [3.63, 3.8) is 0 Å². The molecule has 1 aliphatic heterocycles. The summed E-state index contributed by atoms with van der Waals surface area (Å²) in [5.74, 6) is -0.100. The van der Waals surface area contributed by atoms with Crippen molar-refractivity contribution < 1.29 is 9.59 Å². The molecule has 172 valence electrons. The van der Waals surface area contributed by atoms with Crippen LogP contribution in [0.25, 0.3) is 11.1 Å². The van der Waals surface area contributed by atoms with E-state index in [4.69, 9.17) is 0 Å². The Morgan fingerprint density at radius 2 is 1.50 bits per heavy atom. The zero-order valence-electron chi connectivity index (χ0n) is 19.5. The van der Waals surface area contributed by atoms with Crippen LogP contribution in [0.4, 0.5) is 10.5 Å². The first-order valence-corrected chi connectivity index (χ1v) is 11.6. The first-order chi connectivity index (χ1) is 15.4. The van der Waals surface area contributed by atoms with Gasteiger partial charge in [0, 0.05) is 24.8 Å². The summed E-state index contributed by atoms with van der Waals surface area (Å²) < 4.78 is 0. The van der Waals surface area contributed by atoms with Gasteiger partial charge in [0.15, 0.2) is 0 Å². The number of nitrogens with one attached hydrogen (secondary N) is 3. The highest BCUT2D eigenvalue weighted by molar-refractivity contribution is 5.94. The molecule has 3 rings (SSSR count). The minimum atomic E-state index is -0.182. The van der Waals surface area contributed by atoms with E-state index in [9.17, 15) is 9.59 Å². The van der Waals surface area contributed by atoms with E-state index in [-0.39, 0.29) is 17.4 Å². The van der Waals surface area contributed by atoms with Crippen LogP contribution in [0.5, 0.6) is 0 Å². The second-order valence-corrected chi connectivity index (χ2v) is 9.36. The number of benzene rings is 2. The molecule has 6 heteroatoms. The first kappa shape index (κ1) is 23.8. The van der Waals surface area contributed by atoms with Crippen molar-refractivity contribution in [1.29, 1.82) is 0 Å². The molecule has 1 aliphatic rings. The van der Waals surface area contributed by atoms with Crippen molar-refractivity contribution in [3.8, 4) is 11.1 Å². The van der Waals surface area contributed by atoms with Crippen LogP contribution in [0.15, 0.2) is 48.5 Å². The molecule has 0 spiro atoms. The molecule has 0 radical (unpaired) electrons. The van der Waals surface area contributed by atoms with Crippen molar-refractivity contribution in [3.05, 3.63) is 54.1 Å². The molecule has 2 aromatic rings. The van der Waals surface area contributed by atoms with Gasteiger partial charge in [0.1, 0.15) is 0 Å². The Balaban J connectivity index is 1.46. The number of amides is 3. The molecule has 3 N–H and O–H groups in total. The standard InChI is InChI=1S/C26H36N4O2/c1-26(2,15-18-30-16-5-4-6-17-30)19-28-25(32)29-23-13-11-21(12-14-23)20-7-9-22(10-8-20)24(31)27-3/h7-14H,4-6,15-19H2,1-3H3,(H,27,31)(H2,28,29,32). The fourth-order valence-corrected chi connectivity index (χ4v) is 3.93. The summed E-state index contributed by atoms with van der Waals surface area (Å²) in [5.41, 5.74) is 3.48. The van der Waals surface area contributed by atoms with E-state index in [2.05, 4.69) is 34.7 Å². The lowest BCUT2D eigenvalue weighted by Crippen LogP contribution is -2.39. The molecule has 1 saturated heterocycles.